The van der Waals surface area contributed by atoms with Gasteiger partial charge in [-0.2, -0.15) is 0 Å². The molecule has 0 saturated carbocycles. The van der Waals surface area contributed by atoms with Crippen molar-refractivity contribution in [3.63, 3.8) is 0 Å². The Kier molecular flexibility index (Phi) is 54.3. The third-order valence-corrected chi connectivity index (χ3v) is 12.4. The summed E-state index contributed by atoms with van der Waals surface area (Å²) in [5, 5.41) is 0. The minimum absolute atomic E-state index is 0.0858. The Labute approximate surface area is 426 Å². The van der Waals surface area contributed by atoms with Crippen molar-refractivity contribution < 1.29 is 28.6 Å². The summed E-state index contributed by atoms with van der Waals surface area (Å²) in [6.45, 7) is 6.41. The molecule has 1 atom stereocenters. The maximum atomic E-state index is 12.9. The van der Waals surface area contributed by atoms with E-state index in [1.54, 1.807) is 0 Å². The summed E-state index contributed by atoms with van der Waals surface area (Å²) in [5.41, 5.74) is 0. The van der Waals surface area contributed by atoms with Crippen LogP contribution in [0.4, 0.5) is 0 Å². The molecule has 396 valence electrons. The van der Waals surface area contributed by atoms with Crippen molar-refractivity contribution in [2.45, 2.75) is 284 Å². The average molecular weight is 962 g/mol. The van der Waals surface area contributed by atoms with Crippen LogP contribution in [0, 0.1) is 0 Å². The van der Waals surface area contributed by atoms with Gasteiger partial charge in [-0.05, 0) is 109 Å². The van der Waals surface area contributed by atoms with E-state index in [2.05, 4.69) is 106 Å². The molecule has 0 aromatic rings. The predicted octanol–water partition coefficient (Wildman–Crippen LogP) is 19.5. The molecule has 0 radical (unpaired) electrons. The molecule has 6 nitrogen and oxygen atoms in total. The predicted molar refractivity (Wildman–Crippen MR) is 297 cm³/mol. The largest absolute Gasteiger partial charge is 0.462 e. The molecule has 0 aliphatic rings. The standard InChI is InChI=1S/C63H108O6/c1-4-7-10-13-16-19-22-25-27-29-31-33-35-38-41-44-47-50-53-56-62(65)68-59-60(58-67-61(64)55-52-49-46-43-40-37-24-21-18-15-12-9-6-3)69-63(66)57-54-51-48-45-42-39-36-34-32-30-28-26-23-20-17-14-11-8-5-2/h7-8,10-11,16-17,19-20,25-28,37,40,60H,4-6,9,12-15,18,21-24,29-36,38-39,41-59H2,1-3H3/b10-7-,11-8-,19-16-,20-17-,27-25-,28-26-,40-37-. The van der Waals surface area contributed by atoms with Crippen molar-refractivity contribution in [2.24, 2.45) is 0 Å². The minimum Gasteiger partial charge on any atom is -0.462 e. The molecule has 1 unspecified atom stereocenters. The molecule has 0 spiro atoms. The Morgan fingerprint density at radius 3 is 0.913 bits per heavy atom. The van der Waals surface area contributed by atoms with E-state index in [4.69, 9.17) is 14.2 Å². The summed E-state index contributed by atoms with van der Waals surface area (Å²) in [4.78, 5) is 38.2. The molecule has 6 heteroatoms. The lowest BCUT2D eigenvalue weighted by Gasteiger charge is -2.18. The number of rotatable bonds is 52. The fourth-order valence-corrected chi connectivity index (χ4v) is 8.05. The van der Waals surface area contributed by atoms with Crippen LogP contribution in [0.2, 0.25) is 0 Å². The highest BCUT2D eigenvalue weighted by molar-refractivity contribution is 5.71. The van der Waals surface area contributed by atoms with Crippen LogP contribution in [-0.4, -0.2) is 37.2 Å². The molecule has 0 heterocycles. The second kappa shape index (κ2) is 57.2. The Bertz CT molecular complexity index is 1330. The molecule has 69 heavy (non-hydrogen) atoms. The average Bonchev–Trinajstić information content (AvgIpc) is 3.35. The molecule has 0 aromatic carbocycles. The molecule has 0 N–H and O–H groups in total. The normalized spacial score (nSPS) is 12.7. The third kappa shape index (κ3) is 55.4. The molecule has 0 fully saturated rings. The number of carbonyl (C=O) groups is 3. The van der Waals surface area contributed by atoms with Crippen LogP contribution < -0.4 is 0 Å². The number of unbranched alkanes of at least 4 members (excludes halogenated alkanes) is 27. The van der Waals surface area contributed by atoms with Crippen LogP contribution >= 0.6 is 0 Å². The maximum Gasteiger partial charge on any atom is 0.306 e. The SMILES string of the molecule is CC/C=C\C/C=C\C/C=C\CCCCCCCCCCCC(=O)OCC(COC(=O)CCCCC/C=C\CCCCCCCC)OC(=O)CCCCCCCCCCC/C=C\C/C=C\C/C=C\CC. The molecule has 0 saturated heterocycles. The smallest absolute Gasteiger partial charge is 0.306 e. The highest BCUT2D eigenvalue weighted by Gasteiger charge is 2.19. The second-order valence-corrected chi connectivity index (χ2v) is 19.1. The van der Waals surface area contributed by atoms with E-state index in [1.807, 2.05) is 0 Å². The summed E-state index contributed by atoms with van der Waals surface area (Å²) in [6.07, 6.45) is 74.3. The lowest BCUT2D eigenvalue weighted by atomic mass is 10.1. The Morgan fingerprint density at radius 1 is 0.304 bits per heavy atom. The molecule has 0 rings (SSSR count). The van der Waals surface area contributed by atoms with Crippen LogP contribution in [0.5, 0.6) is 0 Å². The first-order valence-electron chi connectivity index (χ1n) is 29.1. The van der Waals surface area contributed by atoms with Crippen LogP contribution in [-0.2, 0) is 28.6 Å². The highest BCUT2D eigenvalue weighted by atomic mass is 16.6. The van der Waals surface area contributed by atoms with Crippen molar-refractivity contribution in [3.8, 4) is 0 Å². The maximum absolute atomic E-state index is 12.9. The van der Waals surface area contributed by atoms with Gasteiger partial charge in [-0.15, -0.1) is 0 Å². The van der Waals surface area contributed by atoms with Gasteiger partial charge in [0.25, 0.3) is 0 Å². The Balaban J connectivity index is 4.38. The first-order valence-corrected chi connectivity index (χ1v) is 29.1. The Hall–Kier alpha value is -3.41. The summed E-state index contributed by atoms with van der Waals surface area (Å²) in [7, 11) is 0. The molecule has 0 amide bonds. The van der Waals surface area contributed by atoms with Crippen molar-refractivity contribution in [1.82, 2.24) is 0 Å². The zero-order valence-electron chi connectivity index (χ0n) is 45.3. The van der Waals surface area contributed by atoms with E-state index in [0.29, 0.717) is 19.3 Å². The molecular formula is C63H108O6. The molecule has 0 aromatic heterocycles. The van der Waals surface area contributed by atoms with Crippen LogP contribution in [0.1, 0.15) is 278 Å². The van der Waals surface area contributed by atoms with Crippen molar-refractivity contribution >= 4 is 17.9 Å². The van der Waals surface area contributed by atoms with Crippen LogP contribution in [0.25, 0.3) is 0 Å². The number of hydrogen-bond donors (Lipinski definition) is 0. The van der Waals surface area contributed by atoms with E-state index in [1.165, 1.54) is 128 Å². The zero-order chi connectivity index (χ0) is 50.0. The molecular weight excluding hydrogens is 853 g/mol. The summed E-state index contributed by atoms with van der Waals surface area (Å²) in [5.74, 6) is -0.906. The third-order valence-electron chi connectivity index (χ3n) is 12.4. The number of hydrogen-bond acceptors (Lipinski definition) is 6. The van der Waals surface area contributed by atoms with Gasteiger partial charge in [0.15, 0.2) is 6.10 Å². The van der Waals surface area contributed by atoms with Gasteiger partial charge in [-0.25, -0.2) is 0 Å². The van der Waals surface area contributed by atoms with E-state index < -0.39 is 6.10 Å². The molecule has 0 aliphatic heterocycles. The fourth-order valence-electron chi connectivity index (χ4n) is 8.05. The van der Waals surface area contributed by atoms with Gasteiger partial charge >= 0.3 is 17.9 Å². The minimum atomic E-state index is -0.788. The van der Waals surface area contributed by atoms with Crippen LogP contribution in [0.3, 0.4) is 0 Å². The quantitative estimate of drug-likeness (QED) is 0.0262. The van der Waals surface area contributed by atoms with Gasteiger partial charge in [-0.1, -0.05) is 234 Å². The van der Waals surface area contributed by atoms with E-state index in [9.17, 15) is 14.4 Å². The van der Waals surface area contributed by atoms with Gasteiger partial charge in [-0.3, -0.25) is 14.4 Å². The van der Waals surface area contributed by atoms with E-state index >= 15 is 0 Å². The lowest BCUT2D eigenvalue weighted by Crippen LogP contribution is -2.30. The lowest BCUT2D eigenvalue weighted by molar-refractivity contribution is -0.167. The van der Waals surface area contributed by atoms with Crippen molar-refractivity contribution in [3.05, 3.63) is 85.1 Å². The van der Waals surface area contributed by atoms with Gasteiger partial charge in [0.1, 0.15) is 13.2 Å². The monoisotopic (exact) mass is 961 g/mol. The fraction of sp³-hybridized carbons (Fsp3) is 0.730. The number of esters is 3. The highest BCUT2D eigenvalue weighted by Crippen LogP contribution is 2.15. The van der Waals surface area contributed by atoms with Gasteiger partial charge in [0.2, 0.25) is 0 Å². The Morgan fingerprint density at radius 2 is 0.565 bits per heavy atom. The topological polar surface area (TPSA) is 78.9 Å². The number of carbonyl (C=O) groups excluding carboxylic acids is 3. The molecule has 0 aliphatic carbocycles. The summed E-state index contributed by atoms with van der Waals surface area (Å²) in [6, 6.07) is 0. The number of allylic oxidation sites excluding steroid dienone is 14. The first kappa shape index (κ1) is 65.6. The van der Waals surface area contributed by atoms with Gasteiger partial charge in [0, 0.05) is 19.3 Å². The second-order valence-electron chi connectivity index (χ2n) is 19.1. The van der Waals surface area contributed by atoms with Gasteiger partial charge < -0.3 is 14.2 Å². The zero-order valence-corrected chi connectivity index (χ0v) is 45.3. The van der Waals surface area contributed by atoms with E-state index in [-0.39, 0.29) is 31.1 Å². The number of ether oxygens (including phenoxy) is 3. The molecule has 0 bridgehead atoms. The van der Waals surface area contributed by atoms with Crippen molar-refractivity contribution in [2.75, 3.05) is 13.2 Å². The summed E-state index contributed by atoms with van der Waals surface area (Å²) >= 11 is 0. The first-order chi connectivity index (χ1) is 34.0. The summed E-state index contributed by atoms with van der Waals surface area (Å²) < 4.78 is 16.9. The van der Waals surface area contributed by atoms with Crippen LogP contribution in [0.15, 0.2) is 85.1 Å². The van der Waals surface area contributed by atoms with E-state index in [0.717, 1.165) is 109 Å². The van der Waals surface area contributed by atoms with Gasteiger partial charge in [0.05, 0.1) is 0 Å². The van der Waals surface area contributed by atoms with Crippen molar-refractivity contribution in [1.29, 1.82) is 0 Å².